The molecule has 0 aromatic heterocycles. The zero-order valence-electron chi connectivity index (χ0n) is 20.3. The molecular formula is C26H29N3O6S. The maximum atomic E-state index is 13.0. The number of sulfonamides is 1. The summed E-state index contributed by atoms with van der Waals surface area (Å²) in [7, 11) is -0.878. The molecule has 9 nitrogen and oxygen atoms in total. The lowest BCUT2D eigenvalue weighted by Gasteiger charge is -2.16. The number of anilines is 2. The molecule has 3 aromatic rings. The van der Waals surface area contributed by atoms with Gasteiger partial charge in [-0.25, -0.2) is 13.1 Å². The van der Waals surface area contributed by atoms with Crippen LogP contribution in [0.3, 0.4) is 0 Å². The molecule has 0 radical (unpaired) electrons. The maximum Gasteiger partial charge on any atom is 0.255 e. The molecule has 0 fully saturated rings. The number of carbonyl (C=O) groups excluding carboxylic acids is 2. The van der Waals surface area contributed by atoms with Crippen LogP contribution in [0.15, 0.2) is 71.6 Å². The molecule has 3 aromatic carbocycles. The Labute approximate surface area is 210 Å². The Kier molecular flexibility index (Phi) is 9.04. The van der Waals surface area contributed by atoms with Crippen LogP contribution in [0.5, 0.6) is 11.5 Å². The summed E-state index contributed by atoms with van der Waals surface area (Å²) < 4.78 is 38.4. The molecule has 3 N–H and O–H groups in total. The van der Waals surface area contributed by atoms with Crippen molar-refractivity contribution in [3.63, 3.8) is 0 Å². The van der Waals surface area contributed by atoms with E-state index in [0.29, 0.717) is 30.0 Å². The van der Waals surface area contributed by atoms with E-state index in [0.717, 1.165) is 6.42 Å². The minimum Gasteiger partial charge on any atom is -0.494 e. The van der Waals surface area contributed by atoms with Gasteiger partial charge in [-0.3, -0.25) is 9.59 Å². The Hall–Kier alpha value is -3.89. The smallest absolute Gasteiger partial charge is 0.255 e. The summed E-state index contributed by atoms with van der Waals surface area (Å²) in [6.07, 6.45) is 1.56. The first-order valence-corrected chi connectivity index (χ1v) is 12.8. The van der Waals surface area contributed by atoms with Crippen molar-refractivity contribution in [2.75, 3.05) is 31.4 Å². The van der Waals surface area contributed by atoms with Crippen molar-refractivity contribution in [2.45, 2.75) is 24.7 Å². The molecule has 0 aliphatic heterocycles. The summed E-state index contributed by atoms with van der Waals surface area (Å²) in [5.41, 5.74) is 1.25. The molecule has 0 heterocycles. The first kappa shape index (κ1) is 26.7. The molecule has 0 unspecified atom stereocenters. The Morgan fingerprint density at radius 1 is 0.778 bits per heavy atom. The van der Waals surface area contributed by atoms with Gasteiger partial charge in [0.05, 0.1) is 30.5 Å². The number of nitrogens with one attached hydrogen (secondary N) is 3. The molecule has 0 saturated carbocycles. The number of ether oxygens (including phenoxy) is 2. The monoisotopic (exact) mass is 511 g/mol. The first-order chi connectivity index (χ1) is 17.3. The van der Waals surface area contributed by atoms with E-state index in [9.17, 15) is 18.0 Å². The highest BCUT2D eigenvalue weighted by Gasteiger charge is 2.19. The fourth-order valence-electron chi connectivity index (χ4n) is 3.34. The van der Waals surface area contributed by atoms with Crippen molar-refractivity contribution in [2.24, 2.45) is 0 Å². The summed E-state index contributed by atoms with van der Waals surface area (Å²) >= 11 is 0. The predicted molar refractivity (Wildman–Crippen MR) is 138 cm³/mol. The van der Waals surface area contributed by atoms with Crippen LogP contribution in [0, 0.1) is 0 Å². The van der Waals surface area contributed by atoms with Gasteiger partial charge in [0.15, 0.2) is 0 Å². The molecule has 10 heteroatoms. The Morgan fingerprint density at radius 2 is 1.33 bits per heavy atom. The van der Waals surface area contributed by atoms with Crippen molar-refractivity contribution in [3.05, 3.63) is 77.9 Å². The van der Waals surface area contributed by atoms with Crippen LogP contribution in [0.25, 0.3) is 0 Å². The Bertz CT molecular complexity index is 1330. The third-order valence-electron chi connectivity index (χ3n) is 5.28. The van der Waals surface area contributed by atoms with Crippen LogP contribution in [-0.4, -0.2) is 41.0 Å². The molecule has 0 atom stereocenters. The van der Waals surface area contributed by atoms with E-state index in [1.165, 1.54) is 50.6 Å². The van der Waals surface area contributed by atoms with Crippen LogP contribution in [0.4, 0.5) is 11.4 Å². The average molecular weight is 512 g/mol. The molecule has 0 bridgehead atoms. The van der Waals surface area contributed by atoms with Gasteiger partial charge in [-0.05, 0) is 36.8 Å². The number of methoxy groups -OCH3 is 2. The highest BCUT2D eigenvalue weighted by Crippen LogP contribution is 2.37. The van der Waals surface area contributed by atoms with Gasteiger partial charge in [0.25, 0.3) is 11.8 Å². The van der Waals surface area contributed by atoms with Gasteiger partial charge in [-0.1, -0.05) is 37.6 Å². The summed E-state index contributed by atoms with van der Waals surface area (Å²) in [5, 5.41) is 5.50. The summed E-state index contributed by atoms with van der Waals surface area (Å²) in [4.78, 5) is 25.6. The molecule has 36 heavy (non-hydrogen) atoms. The second kappa shape index (κ2) is 12.2. The predicted octanol–water partition coefficient (Wildman–Crippen LogP) is 4.29. The molecule has 0 saturated heterocycles. The quantitative estimate of drug-likeness (QED) is 0.330. The number of amides is 2. The van der Waals surface area contributed by atoms with Crippen LogP contribution >= 0.6 is 0 Å². The van der Waals surface area contributed by atoms with E-state index in [1.54, 1.807) is 24.3 Å². The van der Waals surface area contributed by atoms with E-state index in [4.69, 9.17) is 9.47 Å². The minimum absolute atomic E-state index is 0.00484. The minimum atomic E-state index is -3.74. The Morgan fingerprint density at radius 3 is 1.89 bits per heavy atom. The van der Waals surface area contributed by atoms with Crippen molar-refractivity contribution in [1.29, 1.82) is 0 Å². The first-order valence-electron chi connectivity index (χ1n) is 11.3. The van der Waals surface area contributed by atoms with Gasteiger partial charge in [-0.15, -0.1) is 0 Å². The summed E-state index contributed by atoms with van der Waals surface area (Å²) in [6, 6.07) is 17.5. The second-order valence-electron chi connectivity index (χ2n) is 7.81. The van der Waals surface area contributed by atoms with Crippen molar-refractivity contribution >= 4 is 33.2 Å². The van der Waals surface area contributed by atoms with Gasteiger partial charge < -0.3 is 20.1 Å². The number of rotatable bonds is 11. The number of unbranched alkanes of at least 4 members (excludes halogenated alkanes) is 1. The van der Waals surface area contributed by atoms with E-state index >= 15 is 0 Å². The van der Waals surface area contributed by atoms with Crippen LogP contribution in [-0.2, 0) is 10.0 Å². The van der Waals surface area contributed by atoms with Crippen molar-refractivity contribution in [1.82, 2.24) is 4.72 Å². The third kappa shape index (κ3) is 6.61. The summed E-state index contributed by atoms with van der Waals surface area (Å²) in [6.45, 7) is 2.28. The largest absolute Gasteiger partial charge is 0.494 e. The lowest BCUT2D eigenvalue weighted by molar-refractivity contribution is 0.101. The topological polar surface area (TPSA) is 123 Å². The van der Waals surface area contributed by atoms with Crippen molar-refractivity contribution in [3.8, 4) is 11.5 Å². The molecule has 2 amide bonds. The van der Waals surface area contributed by atoms with Gasteiger partial charge in [0.2, 0.25) is 10.0 Å². The molecule has 3 rings (SSSR count). The fourth-order valence-corrected chi connectivity index (χ4v) is 4.46. The number of hydrogen-bond donors (Lipinski definition) is 3. The van der Waals surface area contributed by atoms with E-state index in [-0.39, 0.29) is 27.8 Å². The maximum absolute atomic E-state index is 13.0. The number of carbonyl (C=O) groups is 2. The van der Waals surface area contributed by atoms with Gasteiger partial charge in [-0.2, -0.15) is 0 Å². The van der Waals surface area contributed by atoms with E-state index in [1.807, 2.05) is 13.0 Å². The second-order valence-corrected chi connectivity index (χ2v) is 9.57. The fraction of sp³-hybridized carbons (Fsp3) is 0.231. The lowest BCUT2D eigenvalue weighted by atomic mass is 10.1. The lowest BCUT2D eigenvalue weighted by Crippen LogP contribution is -2.25. The molecule has 190 valence electrons. The van der Waals surface area contributed by atoms with Crippen LogP contribution in [0.2, 0.25) is 0 Å². The zero-order chi connectivity index (χ0) is 26.1. The van der Waals surface area contributed by atoms with Crippen molar-refractivity contribution < 1.29 is 27.5 Å². The highest BCUT2D eigenvalue weighted by molar-refractivity contribution is 7.89. The van der Waals surface area contributed by atoms with Gasteiger partial charge in [0, 0.05) is 29.8 Å². The number of hydrogen-bond acceptors (Lipinski definition) is 6. The van der Waals surface area contributed by atoms with Crippen LogP contribution in [0.1, 0.15) is 40.5 Å². The molecule has 0 aliphatic rings. The van der Waals surface area contributed by atoms with Gasteiger partial charge in [0.1, 0.15) is 11.5 Å². The van der Waals surface area contributed by atoms with Crippen LogP contribution < -0.4 is 24.8 Å². The normalized spacial score (nSPS) is 11.0. The summed E-state index contributed by atoms with van der Waals surface area (Å²) in [5.74, 6) is -0.301. The molecular weight excluding hydrogens is 482 g/mol. The standard InChI is InChI=1S/C26H29N3O6S/c1-4-5-14-27-36(32,33)20-13-9-12-19(15-20)26(31)29-22-17-23(34-2)21(16-24(22)35-3)28-25(30)18-10-7-6-8-11-18/h6-13,15-17,27H,4-5,14H2,1-3H3,(H,28,30)(H,29,31). The Balaban J connectivity index is 1.83. The SMILES string of the molecule is CCCCNS(=O)(=O)c1cccc(C(=O)Nc2cc(OC)c(NC(=O)c3ccccc3)cc2OC)c1. The molecule has 0 aliphatic carbocycles. The zero-order valence-corrected chi connectivity index (χ0v) is 21.1. The third-order valence-corrected chi connectivity index (χ3v) is 6.74. The average Bonchev–Trinajstić information content (AvgIpc) is 2.89. The van der Waals surface area contributed by atoms with E-state index in [2.05, 4.69) is 15.4 Å². The number of benzene rings is 3. The highest BCUT2D eigenvalue weighted by atomic mass is 32.2. The van der Waals surface area contributed by atoms with Gasteiger partial charge >= 0.3 is 0 Å². The molecule has 0 spiro atoms. The van der Waals surface area contributed by atoms with E-state index < -0.39 is 15.9 Å².